The Hall–Kier alpha value is -3.28. The second kappa shape index (κ2) is 9.48. The number of rotatable bonds is 8. The number of aryl methyl sites for hydroxylation is 4. The number of nitrogens with zero attached hydrogens (tertiary/aromatic N) is 2. The van der Waals surface area contributed by atoms with Gasteiger partial charge >= 0.3 is 0 Å². The summed E-state index contributed by atoms with van der Waals surface area (Å²) in [5, 5.41) is 12.8. The van der Waals surface area contributed by atoms with Crippen LogP contribution in [0.1, 0.15) is 45.8 Å². The number of nitrogens with one attached hydrogen (secondary N) is 1. The fraction of sp³-hybridized carbons (Fsp3) is 0.333. The number of aromatic hydroxyl groups is 1. The van der Waals surface area contributed by atoms with Crippen LogP contribution in [0.25, 0.3) is 5.82 Å². The molecule has 0 unspecified atom stereocenters. The quantitative estimate of drug-likeness (QED) is 0.547. The molecule has 3 rings (SSSR count). The Balaban J connectivity index is 1.54. The normalized spacial score (nSPS) is 10.8. The summed E-state index contributed by atoms with van der Waals surface area (Å²) in [6.45, 7) is 6.78. The van der Waals surface area contributed by atoms with E-state index in [1.165, 1.54) is 36.2 Å². The van der Waals surface area contributed by atoms with E-state index in [2.05, 4.69) is 54.9 Å². The molecule has 0 saturated carbocycles. The van der Waals surface area contributed by atoms with Gasteiger partial charge in [-0.1, -0.05) is 0 Å². The van der Waals surface area contributed by atoms with Crippen LogP contribution in [0.4, 0.5) is 0 Å². The Morgan fingerprint density at radius 3 is 2.50 bits per heavy atom. The van der Waals surface area contributed by atoms with Gasteiger partial charge in [-0.3, -0.25) is 4.79 Å². The number of pyridine rings is 1. The molecule has 0 fully saturated rings. The van der Waals surface area contributed by atoms with Crippen LogP contribution in [-0.2, 0) is 6.42 Å². The topological polar surface area (TPSA) is 76.4 Å². The fourth-order valence-corrected chi connectivity index (χ4v) is 3.54. The summed E-state index contributed by atoms with van der Waals surface area (Å²) in [4.78, 5) is 17.1. The van der Waals surface area contributed by atoms with Gasteiger partial charge in [-0.05, 0) is 88.1 Å². The lowest BCUT2D eigenvalue weighted by Gasteiger charge is -2.12. The summed E-state index contributed by atoms with van der Waals surface area (Å²) < 4.78 is 7.28. The Kier molecular flexibility index (Phi) is 6.77. The van der Waals surface area contributed by atoms with Crippen molar-refractivity contribution in [3.8, 4) is 17.3 Å². The molecule has 158 valence electrons. The number of phenolic OH excluding ortho intramolecular Hbond substituents is 1. The monoisotopic (exact) mass is 407 g/mol. The molecule has 2 aromatic heterocycles. The van der Waals surface area contributed by atoms with E-state index in [0.717, 1.165) is 30.8 Å². The highest BCUT2D eigenvalue weighted by Crippen LogP contribution is 2.22. The van der Waals surface area contributed by atoms with Crippen LogP contribution in [0.2, 0.25) is 0 Å². The minimum absolute atomic E-state index is 0.0552. The van der Waals surface area contributed by atoms with E-state index in [4.69, 9.17) is 9.72 Å². The summed E-state index contributed by atoms with van der Waals surface area (Å²) in [5.74, 6) is 1.13. The maximum atomic E-state index is 12.3. The maximum Gasteiger partial charge on any atom is 0.255 e. The molecule has 1 aromatic carbocycles. The molecule has 30 heavy (non-hydrogen) atoms. The van der Waals surface area contributed by atoms with Gasteiger partial charge < -0.3 is 19.7 Å². The van der Waals surface area contributed by atoms with Crippen molar-refractivity contribution < 1.29 is 14.6 Å². The minimum atomic E-state index is -0.305. The fourth-order valence-electron chi connectivity index (χ4n) is 3.54. The van der Waals surface area contributed by atoms with E-state index < -0.39 is 0 Å². The summed E-state index contributed by atoms with van der Waals surface area (Å²) in [7, 11) is 1.53. The van der Waals surface area contributed by atoms with Crippen LogP contribution in [0.5, 0.6) is 11.5 Å². The second-order valence-corrected chi connectivity index (χ2v) is 7.54. The Bertz CT molecular complexity index is 1020. The molecule has 0 saturated heterocycles. The molecular weight excluding hydrogens is 378 g/mol. The summed E-state index contributed by atoms with van der Waals surface area (Å²) in [5.41, 5.74) is 4.79. The molecule has 2 heterocycles. The third-order valence-corrected chi connectivity index (χ3v) is 5.10. The second-order valence-electron chi connectivity index (χ2n) is 7.54. The lowest BCUT2D eigenvalue weighted by Crippen LogP contribution is -2.24. The first-order valence-electron chi connectivity index (χ1n) is 10.2. The maximum absolute atomic E-state index is 12.3. The van der Waals surface area contributed by atoms with Crippen LogP contribution in [0.15, 0.2) is 42.5 Å². The average Bonchev–Trinajstić information content (AvgIpc) is 3.05. The third-order valence-electron chi connectivity index (χ3n) is 5.10. The SMILES string of the molecule is COc1ccc(O)c(C(=O)NCCCCc2cc(C)cc(-n3c(C)ccc3C)n2)c1. The number of carbonyl (C=O) groups excluding carboxylic acids is 1. The third kappa shape index (κ3) is 5.00. The molecule has 6 nitrogen and oxygen atoms in total. The zero-order chi connectivity index (χ0) is 21.7. The highest BCUT2D eigenvalue weighted by molar-refractivity contribution is 5.97. The van der Waals surface area contributed by atoms with E-state index >= 15 is 0 Å². The van der Waals surface area contributed by atoms with Gasteiger partial charge in [-0.25, -0.2) is 4.98 Å². The summed E-state index contributed by atoms with van der Waals surface area (Å²) >= 11 is 0. The van der Waals surface area contributed by atoms with Gasteiger partial charge in [0.05, 0.1) is 12.7 Å². The number of aromatic nitrogens is 2. The Morgan fingerprint density at radius 1 is 1.07 bits per heavy atom. The molecular formula is C24H29N3O3. The van der Waals surface area contributed by atoms with Crippen molar-refractivity contribution in [3.63, 3.8) is 0 Å². The van der Waals surface area contributed by atoms with Gasteiger partial charge in [0.1, 0.15) is 17.3 Å². The van der Waals surface area contributed by atoms with Gasteiger partial charge in [0.25, 0.3) is 5.91 Å². The Labute approximate surface area is 177 Å². The molecule has 0 aliphatic carbocycles. The van der Waals surface area contributed by atoms with Gasteiger partial charge in [-0.2, -0.15) is 0 Å². The summed E-state index contributed by atoms with van der Waals surface area (Å²) in [6.07, 6.45) is 2.57. The van der Waals surface area contributed by atoms with Crippen LogP contribution in [0.3, 0.4) is 0 Å². The number of ether oxygens (including phenoxy) is 1. The minimum Gasteiger partial charge on any atom is -0.507 e. The number of carbonyl (C=O) groups is 1. The number of methoxy groups -OCH3 is 1. The number of phenols is 1. The molecule has 3 aromatic rings. The number of amides is 1. The molecule has 0 spiro atoms. The first kappa shape index (κ1) is 21.4. The molecule has 0 bridgehead atoms. The molecule has 0 radical (unpaired) electrons. The van der Waals surface area contributed by atoms with Crippen molar-refractivity contribution in [2.45, 2.75) is 40.0 Å². The van der Waals surface area contributed by atoms with Gasteiger partial charge in [0, 0.05) is 23.6 Å². The molecule has 2 N–H and O–H groups in total. The van der Waals surface area contributed by atoms with E-state index in [1.54, 1.807) is 6.07 Å². The van der Waals surface area contributed by atoms with Gasteiger partial charge in [-0.15, -0.1) is 0 Å². The number of hydrogen-bond donors (Lipinski definition) is 2. The summed E-state index contributed by atoms with van der Waals surface area (Å²) in [6, 6.07) is 13.0. The van der Waals surface area contributed by atoms with Crippen molar-refractivity contribution >= 4 is 5.91 Å². The number of hydrogen-bond acceptors (Lipinski definition) is 4. The van der Waals surface area contributed by atoms with Crippen molar-refractivity contribution in [3.05, 3.63) is 70.7 Å². The van der Waals surface area contributed by atoms with Crippen molar-refractivity contribution in [2.24, 2.45) is 0 Å². The van der Waals surface area contributed by atoms with E-state index in [-0.39, 0.29) is 17.2 Å². The van der Waals surface area contributed by atoms with Crippen molar-refractivity contribution in [2.75, 3.05) is 13.7 Å². The highest BCUT2D eigenvalue weighted by Gasteiger charge is 2.12. The van der Waals surface area contributed by atoms with Crippen molar-refractivity contribution in [1.29, 1.82) is 0 Å². The standard InChI is InChI=1S/C24H29N3O3/c1-16-13-19(26-23(14-16)27-17(2)8-9-18(27)3)7-5-6-12-25-24(29)21-15-20(30-4)10-11-22(21)28/h8-11,13-15,28H,5-7,12H2,1-4H3,(H,25,29). The van der Waals surface area contributed by atoms with E-state index in [0.29, 0.717) is 12.3 Å². The number of unbranched alkanes of at least 4 members (excludes halogenated alkanes) is 1. The zero-order valence-electron chi connectivity index (χ0n) is 18.0. The first-order chi connectivity index (χ1) is 14.4. The van der Waals surface area contributed by atoms with Gasteiger partial charge in [0.2, 0.25) is 0 Å². The smallest absolute Gasteiger partial charge is 0.255 e. The predicted octanol–water partition coefficient (Wildman–Crippen LogP) is 4.26. The predicted molar refractivity (Wildman–Crippen MR) is 118 cm³/mol. The zero-order valence-corrected chi connectivity index (χ0v) is 18.0. The lowest BCUT2D eigenvalue weighted by atomic mass is 10.1. The largest absolute Gasteiger partial charge is 0.507 e. The lowest BCUT2D eigenvalue weighted by molar-refractivity contribution is 0.0950. The molecule has 0 aliphatic rings. The average molecular weight is 408 g/mol. The molecule has 0 atom stereocenters. The van der Waals surface area contributed by atoms with Crippen LogP contribution >= 0.6 is 0 Å². The molecule has 1 amide bonds. The number of benzene rings is 1. The van der Waals surface area contributed by atoms with Gasteiger partial charge in [0.15, 0.2) is 0 Å². The molecule has 0 aliphatic heterocycles. The highest BCUT2D eigenvalue weighted by atomic mass is 16.5. The van der Waals surface area contributed by atoms with Crippen LogP contribution in [0, 0.1) is 20.8 Å². The van der Waals surface area contributed by atoms with E-state index in [1.807, 2.05) is 0 Å². The van der Waals surface area contributed by atoms with Crippen LogP contribution in [-0.4, -0.2) is 34.2 Å². The van der Waals surface area contributed by atoms with E-state index in [9.17, 15) is 9.90 Å². The Morgan fingerprint density at radius 2 is 1.80 bits per heavy atom. The van der Waals surface area contributed by atoms with Crippen molar-refractivity contribution in [1.82, 2.24) is 14.9 Å². The first-order valence-corrected chi connectivity index (χ1v) is 10.2. The molecule has 6 heteroatoms. The van der Waals surface area contributed by atoms with Crippen LogP contribution < -0.4 is 10.1 Å².